The summed E-state index contributed by atoms with van der Waals surface area (Å²) in [6, 6.07) is 7.52. The molecule has 0 aliphatic carbocycles. The molecule has 35 heavy (non-hydrogen) atoms. The summed E-state index contributed by atoms with van der Waals surface area (Å²) in [4.78, 5) is 41.8. The number of esters is 1. The van der Waals surface area contributed by atoms with Gasteiger partial charge in [-0.15, -0.1) is 0 Å². The fourth-order valence-electron chi connectivity index (χ4n) is 4.14. The summed E-state index contributed by atoms with van der Waals surface area (Å²) in [5.74, 6) is 0.382. The second-order valence-electron chi connectivity index (χ2n) is 8.33. The summed E-state index contributed by atoms with van der Waals surface area (Å²) in [6.45, 7) is 3.74. The maximum atomic E-state index is 12.8. The largest absolute Gasteiger partial charge is 0.456 e. The van der Waals surface area contributed by atoms with Gasteiger partial charge in [0, 0.05) is 30.5 Å². The highest BCUT2D eigenvalue weighted by Crippen LogP contribution is 2.33. The molecule has 1 aliphatic heterocycles. The lowest BCUT2D eigenvalue weighted by atomic mass is 10.1. The van der Waals surface area contributed by atoms with Crippen LogP contribution in [0.15, 0.2) is 41.6 Å². The molecule has 0 amide bonds. The maximum absolute atomic E-state index is 12.8. The average Bonchev–Trinajstić information content (AvgIpc) is 3.53. The molecule has 0 radical (unpaired) electrons. The van der Waals surface area contributed by atoms with E-state index in [9.17, 15) is 14.4 Å². The van der Waals surface area contributed by atoms with E-state index in [1.807, 2.05) is 36.6 Å². The standard InChI is InChI=1S/C24H23N5O6/c1-14-6-17(15(2)29(14)9-16-4-5-20-21(7-16)35-13-34-20)19(30)11-33-22(31)10-28-12-25-23-18(24(28)32)8-26-27(23)3/h4-8,12H,9-11,13H2,1-3H3. The zero-order valence-corrected chi connectivity index (χ0v) is 19.5. The first-order valence-electron chi connectivity index (χ1n) is 10.9. The molecular weight excluding hydrogens is 454 g/mol. The molecule has 0 bridgehead atoms. The van der Waals surface area contributed by atoms with Crippen LogP contribution in [0.1, 0.15) is 27.3 Å². The molecule has 0 spiro atoms. The Bertz CT molecular complexity index is 1530. The minimum atomic E-state index is -0.709. The third kappa shape index (κ3) is 4.16. The van der Waals surface area contributed by atoms with Crippen LogP contribution in [0.5, 0.6) is 11.5 Å². The molecule has 0 saturated carbocycles. The third-order valence-corrected chi connectivity index (χ3v) is 6.03. The number of rotatable bonds is 7. The predicted molar refractivity (Wildman–Crippen MR) is 124 cm³/mol. The van der Waals surface area contributed by atoms with Gasteiger partial charge in [-0.05, 0) is 37.6 Å². The molecule has 0 unspecified atom stereocenters. The summed E-state index contributed by atoms with van der Waals surface area (Å²) >= 11 is 0. The number of aryl methyl sites for hydroxylation is 2. The van der Waals surface area contributed by atoms with Crippen LogP contribution in [0.4, 0.5) is 0 Å². The Hall–Kier alpha value is -4.41. The van der Waals surface area contributed by atoms with Crippen LogP contribution >= 0.6 is 0 Å². The first kappa shape index (κ1) is 22.4. The first-order valence-corrected chi connectivity index (χ1v) is 10.9. The Morgan fingerprint density at radius 2 is 1.94 bits per heavy atom. The van der Waals surface area contributed by atoms with Crippen molar-refractivity contribution in [1.82, 2.24) is 23.9 Å². The summed E-state index contributed by atoms with van der Waals surface area (Å²) < 4.78 is 20.6. The van der Waals surface area contributed by atoms with Crippen LogP contribution < -0.4 is 15.0 Å². The maximum Gasteiger partial charge on any atom is 0.326 e. The first-order chi connectivity index (χ1) is 16.8. The van der Waals surface area contributed by atoms with E-state index in [1.165, 1.54) is 17.2 Å². The summed E-state index contributed by atoms with van der Waals surface area (Å²) in [5.41, 5.74) is 3.17. The molecule has 0 atom stereocenters. The van der Waals surface area contributed by atoms with Crippen molar-refractivity contribution in [3.63, 3.8) is 0 Å². The molecule has 11 heteroatoms. The van der Waals surface area contributed by atoms with E-state index < -0.39 is 18.1 Å². The van der Waals surface area contributed by atoms with E-state index >= 15 is 0 Å². The monoisotopic (exact) mass is 477 g/mol. The van der Waals surface area contributed by atoms with Gasteiger partial charge in [-0.3, -0.25) is 23.6 Å². The number of ether oxygens (including phenoxy) is 3. The molecule has 0 fully saturated rings. The van der Waals surface area contributed by atoms with Crippen LogP contribution in [0.25, 0.3) is 11.0 Å². The molecule has 0 saturated heterocycles. The van der Waals surface area contributed by atoms with Crippen molar-refractivity contribution in [1.29, 1.82) is 0 Å². The fourth-order valence-corrected chi connectivity index (χ4v) is 4.14. The number of aromatic nitrogens is 5. The van der Waals surface area contributed by atoms with E-state index in [2.05, 4.69) is 10.1 Å². The van der Waals surface area contributed by atoms with Gasteiger partial charge < -0.3 is 18.8 Å². The van der Waals surface area contributed by atoms with Crippen molar-refractivity contribution in [2.45, 2.75) is 26.9 Å². The number of nitrogens with zero attached hydrogens (tertiary/aromatic N) is 5. The van der Waals surface area contributed by atoms with Gasteiger partial charge in [-0.1, -0.05) is 6.07 Å². The number of benzene rings is 1. The molecule has 5 rings (SSSR count). The van der Waals surface area contributed by atoms with E-state index in [1.54, 1.807) is 13.1 Å². The number of Topliss-reactive ketones (excluding diaryl/α,β-unsaturated/α-hetero) is 1. The topological polar surface area (TPSA) is 119 Å². The normalized spacial score (nSPS) is 12.3. The summed E-state index contributed by atoms with van der Waals surface area (Å²) in [7, 11) is 1.67. The number of hydrogen-bond donors (Lipinski definition) is 0. The third-order valence-electron chi connectivity index (χ3n) is 6.03. The van der Waals surface area contributed by atoms with Gasteiger partial charge in [-0.2, -0.15) is 5.10 Å². The lowest BCUT2D eigenvalue weighted by Gasteiger charge is -2.11. The lowest BCUT2D eigenvalue weighted by Crippen LogP contribution is -2.26. The molecule has 11 nitrogen and oxygen atoms in total. The highest BCUT2D eigenvalue weighted by atomic mass is 16.7. The molecule has 180 valence electrons. The number of ketones is 1. The summed E-state index contributed by atoms with van der Waals surface area (Å²) in [6.07, 6.45) is 2.66. The summed E-state index contributed by atoms with van der Waals surface area (Å²) in [5, 5.41) is 4.29. The zero-order chi connectivity index (χ0) is 24.7. The van der Waals surface area contributed by atoms with E-state index in [4.69, 9.17) is 14.2 Å². The number of carbonyl (C=O) groups is 2. The molecule has 0 N–H and O–H groups in total. The Morgan fingerprint density at radius 1 is 1.14 bits per heavy atom. The van der Waals surface area contributed by atoms with Crippen molar-refractivity contribution in [2.75, 3.05) is 13.4 Å². The average molecular weight is 477 g/mol. The molecule has 1 aliphatic rings. The highest BCUT2D eigenvalue weighted by Gasteiger charge is 2.19. The molecule has 4 aromatic rings. The molecular formula is C24H23N5O6. The fraction of sp³-hybridized carbons (Fsp3) is 0.292. The van der Waals surface area contributed by atoms with E-state index in [0.717, 1.165) is 21.5 Å². The van der Waals surface area contributed by atoms with Gasteiger partial charge in [0.2, 0.25) is 12.6 Å². The van der Waals surface area contributed by atoms with Gasteiger partial charge >= 0.3 is 5.97 Å². The van der Waals surface area contributed by atoms with Crippen LogP contribution in [0, 0.1) is 13.8 Å². The van der Waals surface area contributed by atoms with Gasteiger partial charge in [0.1, 0.15) is 18.3 Å². The van der Waals surface area contributed by atoms with Gasteiger partial charge in [0.25, 0.3) is 5.56 Å². The Kier molecular flexibility index (Phi) is 5.59. The SMILES string of the molecule is Cc1cc(C(=O)COC(=O)Cn2cnc3c(cnn3C)c2=O)c(C)n1Cc1ccc2c(c1)OCO2. The van der Waals surface area contributed by atoms with Gasteiger partial charge in [0.15, 0.2) is 23.8 Å². The number of carbonyl (C=O) groups excluding carboxylic acids is 2. The second-order valence-corrected chi connectivity index (χ2v) is 8.33. The Labute approximate surface area is 199 Å². The minimum absolute atomic E-state index is 0.209. The van der Waals surface area contributed by atoms with Crippen molar-refractivity contribution in [3.8, 4) is 11.5 Å². The van der Waals surface area contributed by atoms with E-state index in [0.29, 0.717) is 34.6 Å². The number of hydrogen-bond acceptors (Lipinski definition) is 8. The van der Waals surface area contributed by atoms with Gasteiger partial charge in [0.05, 0.1) is 6.20 Å². The van der Waals surface area contributed by atoms with E-state index in [-0.39, 0.29) is 19.1 Å². The zero-order valence-electron chi connectivity index (χ0n) is 19.5. The second kappa shape index (κ2) is 8.75. The Morgan fingerprint density at radius 3 is 2.77 bits per heavy atom. The van der Waals surface area contributed by atoms with Crippen molar-refractivity contribution >= 4 is 22.8 Å². The minimum Gasteiger partial charge on any atom is -0.456 e. The van der Waals surface area contributed by atoms with Crippen LogP contribution in [0.2, 0.25) is 0 Å². The quantitative estimate of drug-likeness (QED) is 0.292. The molecule has 3 aromatic heterocycles. The Balaban J connectivity index is 1.24. The van der Waals surface area contributed by atoms with Crippen LogP contribution in [0.3, 0.4) is 0 Å². The smallest absolute Gasteiger partial charge is 0.326 e. The number of fused-ring (bicyclic) bond motifs is 2. The van der Waals surface area contributed by atoms with Crippen molar-refractivity contribution in [2.24, 2.45) is 7.05 Å². The van der Waals surface area contributed by atoms with Crippen LogP contribution in [-0.2, 0) is 29.7 Å². The highest BCUT2D eigenvalue weighted by molar-refractivity contribution is 5.99. The van der Waals surface area contributed by atoms with Crippen LogP contribution in [-0.4, -0.2) is 49.1 Å². The molecule has 4 heterocycles. The lowest BCUT2D eigenvalue weighted by molar-refractivity contribution is -0.143. The van der Waals surface area contributed by atoms with Crippen molar-refractivity contribution < 1.29 is 23.8 Å². The predicted octanol–water partition coefficient (Wildman–Crippen LogP) is 1.75. The molecule has 1 aromatic carbocycles. The van der Waals surface area contributed by atoms with Gasteiger partial charge in [-0.25, -0.2) is 4.98 Å². The van der Waals surface area contributed by atoms with Crippen molar-refractivity contribution in [3.05, 3.63) is 69.7 Å².